The Morgan fingerprint density at radius 2 is 2.36 bits per heavy atom. The number of fused-ring (bicyclic) bond motifs is 1. The summed E-state index contributed by atoms with van der Waals surface area (Å²) in [7, 11) is 1.28. The number of hydrogen-bond acceptors (Lipinski definition) is 4. The molecule has 2 rings (SSSR count). The van der Waals surface area contributed by atoms with Crippen molar-refractivity contribution in [2.24, 2.45) is 0 Å². The number of halogens is 1. The Balaban J connectivity index is 2.56. The lowest BCUT2D eigenvalue weighted by atomic mass is 10.3. The fourth-order valence-corrected chi connectivity index (χ4v) is 1.42. The Kier molecular flexibility index (Phi) is 2.25. The van der Waals surface area contributed by atoms with Crippen LogP contribution in [0.4, 0.5) is 0 Å². The first-order valence-electron chi connectivity index (χ1n) is 3.85. The summed E-state index contributed by atoms with van der Waals surface area (Å²) in [6.45, 7) is 0. The molecule has 0 aliphatic carbocycles. The van der Waals surface area contributed by atoms with Gasteiger partial charge in [-0.1, -0.05) is 15.9 Å². The van der Waals surface area contributed by atoms with Crippen LogP contribution >= 0.6 is 15.9 Å². The van der Waals surface area contributed by atoms with Gasteiger partial charge in [0.15, 0.2) is 5.58 Å². The fourth-order valence-electron chi connectivity index (χ4n) is 1.08. The predicted molar refractivity (Wildman–Crippen MR) is 53.0 cm³/mol. The van der Waals surface area contributed by atoms with Gasteiger partial charge in [-0.2, -0.15) is 0 Å². The Bertz CT molecular complexity index is 492. The summed E-state index contributed by atoms with van der Waals surface area (Å²) < 4.78 is 10.5. The van der Waals surface area contributed by atoms with E-state index in [-0.39, 0.29) is 5.89 Å². The number of hydrogen-bond donors (Lipinski definition) is 0. The van der Waals surface area contributed by atoms with E-state index in [1.807, 2.05) is 6.07 Å². The Morgan fingerprint density at radius 1 is 1.57 bits per heavy atom. The quantitative estimate of drug-likeness (QED) is 0.735. The molecule has 0 unspecified atom stereocenters. The normalized spacial score (nSPS) is 10.4. The summed E-state index contributed by atoms with van der Waals surface area (Å²) >= 11 is 3.30. The molecule has 0 fully saturated rings. The summed E-state index contributed by atoms with van der Waals surface area (Å²) in [6, 6.07) is 5.32. The van der Waals surface area contributed by atoms with Gasteiger partial charge in [-0.05, 0) is 18.2 Å². The van der Waals surface area contributed by atoms with E-state index in [1.54, 1.807) is 12.1 Å². The van der Waals surface area contributed by atoms with Gasteiger partial charge in [0.25, 0.3) is 0 Å². The van der Waals surface area contributed by atoms with E-state index in [1.165, 1.54) is 7.11 Å². The molecule has 1 heterocycles. The van der Waals surface area contributed by atoms with E-state index >= 15 is 0 Å². The molecule has 1 aromatic heterocycles. The van der Waals surface area contributed by atoms with Crippen LogP contribution in [0.1, 0.15) is 10.7 Å². The highest BCUT2D eigenvalue weighted by Crippen LogP contribution is 2.20. The lowest BCUT2D eigenvalue weighted by Gasteiger charge is -1.88. The highest BCUT2D eigenvalue weighted by Gasteiger charge is 2.14. The van der Waals surface area contributed by atoms with Crippen LogP contribution in [-0.4, -0.2) is 18.1 Å². The third kappa shape index (κ3) is 1.50. The maximum atomic E-state index is 11.1. The number of aromatic nitrogens is 1. The van der Waals surface area contributed by atoms with Gasteiger partial charge in [-0.3, -0.25) is 0 Å². The highest BCUT2D eigenvalue weighted by atomic mass is 79.9. The first-order valence-corrected chi connectivity index (χ1v) is 4.64. The minimum Gasteiger partial charge on any atom is -0.462 e. The van der Waals surface area contributed by atoms with Crippen molar-refractivity contribution in [1.29, 1.82) is 0 Å². The molecule has 2 aromatic rings. The molecule has 0 radical (unpaired) electrons. The van der Waals surface area contributed by atoms with Crippen molar-refractivity contribution in [3.8, 4) is 0 Å². The maximum absolute atomic E-state index is 11.1. The Labute approximate surface area is 88.0 Å². The van der Waals surface area contributed by atoms with Gasteiger partial charge < -0.3 is 9.15 Å². The summed E-state index contributed by atoms with van der Waals surface area (Å²) in [5.74, 6) is -0.599. The zero-order valence-electron chi connectivity index (χ0n) is 7.28. The molecule has 4 nitrogen and oxygen atoms in total. The van der Waals surface area contributed by atoms with Gasteiger partial charge >= 0.3 is 11.9 Å². The lowest BCUT2D eigenvalue weighted by molar-refractivity contribution is 0.0559. The zero-order chi connectivity index (χ0) is 10.1. The molecule has 0 bridgehead atoms. The molecule has 1 aromatic carbocycles. The Hall–Kier alpha value is -1.36. The number of carbonyl (C=O) groups excluding carboxylic acids is 1. The van der Waals surface area contributed by atoms with Crippen LogP contribution in [0.3, 0.4) is 0 Å². The SMILES string of the molecule is COC(=O)c1nc2cc(Br)ccc2o1. The largest absolute Gasteiger partial charge is 0.462 e. The summed E-state index contributed by atoms with van der Waals surface area (Å²) in [5.41, 5.74) is 1.19. The molecule has 0 spiro atoms. The maximum Gasteiger partial charge on any atom is 0.394 e. The Morgan fingerprint density at radius 3 is 3.07 bits per heavy atom. The van der Waals surface area contributed by atoms with E-state index in [0.717, 1.165) is 4.47 Å². The van der Waals surface area contributed by atoms with Gasteiger partial charge in [0.1, 0.15) is 5.52 Å². The van der Waals surface area contributed by atoms with Gasteiger partial charge in [0.2, 0.25) is 0 Å². The van der Waals surface area contributed by atoms with Crippen LogP contribution in [0, 0.1) is 0 Å². The third-order valence-corrected chi connectivity index (χ3v) is 2.20. The van der Waals surface area contributed by atoms with Crippen LogP contribution in [0.15, 0.2) is 27.1 Å². The van der Waals surface area contributed by atoms with Crippen LogP contribution in [0.25, 0.3) is 11.1 Å². The van der Waals surface area contributed by atoms with E-state index in [2.05, 4.69) is 25.7 Å². The average Bonchev–Trinajstić information content (AvgIpc) is 2.59. The number of esters is 1. The van der Waals surface area contributed by atoms with Crippen LogP contribution in [-0.2, 0) is 4.74 Å². The molecular formula is C9H6BrNO3. The zero-order valence-corrected chi connectivity index (χ0v) is 8.87. The smallest absolute Gasteiger partial charge is 0.394 e. The second-order valence-corrected chi connectivity index (χ2v) is 3.54. The van der Waals surface area contributed by atoms with Crippen molar-refractivity contribution in [3.63, 3.8) is 0 Å². The van der Waals surface area contributed by atoms with Crippen LogP contribution in [0.5, 0.6) is 0 Å². The molecule has 0 atom stereocenters. The molecule has 0 saturated carbocycles. The minimum atomic E-state index is -0.572. The molecule has 0 saturated heterocycles. The molecule has 72 valence electrons. The molecule has 0 aliphatic rings. The number of benzene rings is 1. The first kappa shape index (κ1) is 9.21. The highest BCUT2D eigenvalue weighted by molar-refractivity contribution is 9.10. The van der Waals surface area contributed by atoms with Crippen molar-refractivity contribution < 1.29 is 13.9 Å². The second kappa shape index (κ2) is 3.42. The number of nitrogens with zero attached hydrogens (tertiary/aromatic N) is 1. The molecule has 0 amide bonds. The van der Waals surface area contributed by atoms with E-state index < -0.39 is 5.97 Å². The number of rotatable bonds is 1. The van der Waals surface area contributed by atoms with Crippen molar-refractivity contribution >= 4 is 33.0 Å². The standard InChI is InChI=1S/C9H6BrNO3/c1-13-9(12)8-11-6-4-5(10)2-3-7(6)14-8/h2-4H,1H3. The third-order valence-electron chi connectivity index (χ3n) is 1.71. The molecule has 5 heteroatoms. The van der Waals surface area contributed by atoms with Gasteiger partial charge in [0, 0.05) is 4.47 Å². The topological polar surface area (TPSA) is 52.3 Å². The van der Waals surface area contributed by atoms with Gasteiger partial charge in [0.05, 0.1) is 7.11 Å². The van der Waals surface area contributed by atoms with Gasteiger partial charge in [-0.25, -0.2) is 9.78 Å². The molecular weight excluding hydrogens is 250 g/mol. The number of oxazole rings is 1. The van der Waals surface area contributed by atoms with E-state index in [0.29, 0.717) is 11.1 Å². The van der Waals surface area contributed by atoms with E-state index in [9.17, 15) is 4.79 Å². The predicted octanol–water partition coefficient (Wildman–Crippen LogP) is 2.38. The molecule has 14 heavy (non-hydrogen) atoms. The monoisotopic (exact) mass is 255 g/mol. The van der Waals surface area contributed by atoms with Gasteiger partial charge in [-0.15, -0.1) is 0 Å². The number of methoxy groups -OCH3 is 1. The van der Waals surface area contributed by atoms with E-state index in [4.69, 9.17) is 4.42 Å². The summed E-state index contributed by atoms with van der Waals surface area (Å²) in [6.07, 6.45) is 0. The van der Waals surface area contributed by atoms with Crippen molar-refractivity contribution in [1.82, 2.24) is 4.98 Å². The van der Waals surface area contributed by atoms with Crippen molar-refractivity contribution in [2.45, 2.75) is 0 Å². The average molecular weight is 256 g/mol. The van der Waals surface area contributed by atoms with Crippen LogP contribution in [0.2, 0.25) is 0 Å². The molecule has 0 aliphatic heterocycles. The summed E-state index contributed by atoms with van der Waals surface area (Å²) in [4.78, 5) is 15.1. The fraction of sp³-hybridized carbons (Fsp3) is 0.111. The number of carbonyl (C=O) groups is 1. The second-order valence-electron chi connectivity index (χ2n) is 2.62. The number of ether oxygens (including phenoxy) is 1. The minimum absolute atomic E-state index is 0.0272. The van der Waals surface area contributed by atoms with Crippen LogP contribution < -0.4 is 0 Å². The van der Waals surface area contributed by atoms with Crippen molar-refractivity contribution in [2.75, 3.05) is 7.11 Å². The summed E-state index contributed by atoms with van der Waals surface area (Å²) in [5, 5.41) is 0. The molecule has 0 N–H and O–H groups in total. The van der Waals surface area contributed by atoms with Crippen molar-refractivity contribution in [3.05, 3.63) is 28.6 Å². The lowest BCUT2D eigenvalue weighted by Crippen LogP contribution is -2.00. The first-order chi connectivity index (χ1) is 6.70.